The van der Waals surface area contributed by atoms with E-state index in [1.807, 2.05) is 0 Å². The first kappa shape index (κ1) is 17.1. The lowest BCUT2D eigenvalue weighted by Crippen LogP contribution is -2.19. The van der Waals surface area contributed by atoms with E-state index in [4.69, 9.17) is 0 Å². The molecule has 1 fully saturated rings. The number of rotatable bonds is 5. The van der Waals surface area contributed by atoms with Gasteiger partial charge in [0.05, 0.1) is 0 Å². The van der Waals surface area contributed by atoms with Gasteiger partial charge in [-0.05, 0) is 48.9 Å². The van der Waals surface area contributed by atoms with Crippen molar-refractivity contribution >= 4 is 15.7 Å². The average Bonchev–Trinajstić information content (AvgIpc) is 3.19. The molecule has 25 heavy (non-hydrogen) atoms. The third kappa shape index (κ3) is 3.12. The minimum absolute atomic E-state index is 0.114. The molecular weight excluding hydrogens is 350 g/mol. The summed E-state index contributed by atoms with van der Waals surface area (Å²) in [5.41, 5.74) is 0.795. The van der Waals surface area contributed by atoms with Crippen LogP contribution in [0.4, 0.5) is 0 Å². The van der Waals surface area contributed by atoms with E-state index < -0.39 is 37.2 Å². The SMILES string of the molecule is Cc1c(C(=O)n2cccn2)cc(O)c(S(=O)(=O)C[N+](=O)[O-])c1C1CC1. The summed E-state index contributed by atoms with van der Waals surface area (Å²) >= 11 is 0. The van der Waals surface area contributed by atoms with Gasteiger partial charge in [0, 0.05) is 22.9 Å². The van der Waals surface area contributed by atoms with Crippen LogP contribution in [-0.4, -0.2) is 40.0 Å². The molecule has 0 spiro atoms. The van der Waals surface area contributed by atoms with Crippen LogP contribution in [0.15, 0.2) is 29.4 Å². The van der Waals surface area contributed by atoms with Crippen molar-refractivity contribution < 1.29 is 23.2 Å². The van der Waals surface area contributed by atoms with Gasteiger partial charge < -0.3 is 5.11 Å². The molecule has 0 aliphatic heterocycles. The summed E-state index contributed by atoms with van der Waals surface area (Å²) in [6.07, 6.45) is 4.25. The molecule has 3 rings (SSSR count). The molecule has 0 atom stereocenters. The van der Waals surface area contributed by atoms with Gasteiger partial charge in [-0.25, -0.2) is 13.1 Å². The molecule has 1 aliphatic carbocycles. The second-order valence-corrected chi connectivity index (χ2v) is 7.81. The normalized spacial score (nSPS) is 14.4. The number of hydrogen-bond acceptors (Lipinski definition) is 7. The maximum atomic E-state index is 12.5. The summed E-state index contributed by atoms with van der Waals surface area (Å²) in [4.78, 5) is 21.8. The number of nitrogens with zero attached hydrogens (tertiary/aromatic N) is 3. The number of carbonyl (C=O) groups is 1. The number of hydrogen-bond donors (Lipinski definition) is 1. The quantitative estimate of drug-likeness (QED) is 0.626. The largest absolute Gasteiger partial charge is 0.507 e. The number of carbonyl (C=O) groups excluding carboxylic acids is 1. The van der Waals surface area contributed by atoms with Crippen molar-refractivity contribution in [3.63, 3.8) is 0 Å². The van der Waals surface area contributed by atoms with Crippen molar-refractivity contribution in [2.75, 3.05) is 5.88 Å². The van der Waals surface area contributed by atoms with E-state index in [9.17, 15) is 28.4 Å². The van der Waals surface area contributed by atoms with Crippen LogP contribution < -0.4 is 0 Å². The van der Waals surface area contributed by atoms with E-state index in [0.29, 0.717) is 18.4 Å². The van der Waals surface area contributed by atoms with Crippen molar-refractivity contribution in [3.8, 4) is 5.75 Å². The lowest BCUT2D eigenvalue weighted by Gasteiger charge is -2.16. The number of aromatic nitrogens is 2. The Hall–Kier alpha value is -2.75. The number of aromatic hydroxyl groups is 1. The van der Waals surface area contributed by atoms with Crippen LogP contribution in [-0.2, 0) is 9.84 Å². The summed E-state index contributed by atoms with van der Waals surface area (Å²) < 4.78 is 25.8. The Balaban J connectivity index is 2.21. The van der Waals surface area contributed by atoms with Crippen LogP contribution in [0.5, 0.6) is 5.75 Å². The smallest absolute Gasteiger partial charge is 0.306 e. The summed E-state index contributed by atoms with van der Waals surface area (Å²) in [5, 5.41) is 24.8. The van der Waals surface area contributed by atoms with Crippen molar-refractivity contribution in [1.82, 2.24) is 9.78 Å². The molecule has 10 heteroatoms. The van der Waals surface area contributed by atoms with Gasteiger partial charge in [0.25, 0.3) is 5.91 Å². The van der Waals surface area contributed by atoms with E-state index in [1.165, 1.54) is 12.4 Å². The zero-order valence-electron chi connectivity index (χ0n) is 13.2. The van der Waals surface area contributed by atoms with Crippen molar-refractivity contribution in [2.45, 2.75) is 30.6 Å². The monoisotopic (exact) mass is 365 g/mol. The Morgan fingerprint density at radius 2 is 2.16 bits per heavy atom. The van der Waals surface area contributed by atoms with Gasteiger partial charge in [0.2, 0.25) is 9.84 Å². The summed E-state index contributed by atoms with van der Waals surface area (Å²) in [5.74, 6) is -2.62. The molecule has 1 N–H and O–H groups in total. The lowest BCUT2D eigenvalue weighted by molar-refractivity contribution is -0.458. The maximum Gasteiger partial charge on any atom is 0.306 e. The molecule has 132 valence electrons. The third-order valence-corrected chi connectivity index (χ3v) is 5.68. The second kappa shape index (κ2) is 5.96. The van der Waals surface area contributed by atoms with Gasteiger partial charge in [-0.15, -0.1) is 0 Å². The first-order chi connectivity index (χ1) is 11.7. The number of nitro groups is 1. The van der Waals surface area contributed by atoms with Gasteiger partial charge in [0.15, 0.2) is 0 Å². The van der Waals surface area contributed by atoms with Crippen LogP contribution in [0.1, 0.15) is 40.2 Å². The second-order valence-electron chi connectivity index (χ2n) is 5.92. The van der Waals surface area contributed by atoms with Gasteiger partial charge in [0.1, 0.15) is 10.6 Å². The predicted octanol–water partition coefficient (Wildman–Crippen LogP) is 1.47. The fraction of sp³-hybridized carbons (Fsp3) is 0.333. The zero-order valence-corrected chi connectivity index (χ0v) is 14.1. The van der Waals surface area contributed by atoms with E-state index in [-0.39, 0.29) is 17.0 Å². The number of benzene rings is 1. The van der Waals surface area contributed by atoms with Crippen molar-refractivity contribution in [2.24, 2.45) is 0 Å². The standard InChI is InChI=1S/C15H15N3O6S/c1-9-11(15(20)17-6-2-5-16-17)7-12(19)14(13(9)10-3-4-10)25(23,24)8-18(21)22/h2,5-7,10,19H,3-4,8H2,1H3. The minimum atomic E-state index is -4.33. The van der Waals surface area contributed by atoms with Crippen LogP contribution in [0.25, 0.3) is 0 Å². The third-order valence-electron chi connectivity index (χ3n) is 4.08. The van der Waals surface area contributed by atoms with Gasteiger partial charge in [-0.3, -0.25) is 14.9 Å². The number of phenols is 1. The van der Waals surface area contributed by atoms with Crippen molar-refractivity contribution in [1.29, 1.82) is 0 Å². The van der Waals surface area contributed by atoms with E-state index >= 15 is 0 Å². The number of phenolic OH excluding ortho intramolecular Hbond substituents is 1. The molecule has 0 bridgehead atoms. The molecule has 0 unspecified atom stereocenters. The average molecular weight is 365 g/mol. The number of sulfone groups is 1. The minimum Gasteiger partial charge on any atom is -0.507 e. The summed E-state index contributed by atoms with van der Waals surface area (Å²) in [6, 6.07) is 2.60. The summed E-state index contributed by atoms with van der Waals surface area (Å²) in [6.45, 7) is 1.58. The van der Waals surface area contributed by atoms with E-state index in [2.05, 4.69) is 5.10 Å². The molecule has 0 saturated heterocycles. The van der Waals surface area contributed by atoms with Gasteiger partial charge >= 0.3 is 5.88 Å². The van der Waals surface area contributed by atoms with E-state index in [1.54, 1.807) is 13.0 Å². The Bertz CT molecular complexity index is 962. The Kier molecular flexibility index (Phi) is 4.07. The van der Waals surface area contributed by atoms with Crippen LogP contribution >= 0.6 is 0 Å². The highest BCUT2D eigenvalue weighted by Crippen LogP contribution is 2.48. The van der Waals surface area contributed by atoms with Crippen molar-refractivity contribution in [3.05, 3.63) is 51.3 Å². The fourth-order valence-electron chi connectivity index (χ4n) is 2.89. The molecule has 9 nitrogen and oxygen atoms in total. The van der Waals surface area contributed by atoms with Crippen LogP contribution in [0.2, 0.25) is 0 Å². The Labute approximate surface area is 143 Å². The molecule has 1 aromatic carbocycles. The first-order valence-corrected chi connectivity index (χ1v) is 9.13. The molecule has 2 aromatic rings. The molecule has 0 amide bonds. The molecule has 1 aromatic heterocycles. The van der Waals surface area contributed by atoms with Gasteiger partial charge in [-0.1, -0.05) is 0 Å². The molecule has 1 heterocycles. The topological polar surface area (TPSA) is 132 Å². The Morgan fingerprint density at radius 1 is 1.48 bits per heavy atom. The van der Waals surface area contributed by atoms with Gasteiger partial charge in [-0.2, -0.15) is 5.10 Å². The predicted molar refractivity (Wildman–Crippen MR) is 85.8 cm³/mol. The van der Waals surface area contributed by atoms with Crippen LogP contribution in [0.3, 0.4) is 0 Å². The zero-order chi connectivity index (χ0) is 18.4. The molecule has 1 aliphatic rings. The lowest BCUT2D eigenvalue weighted by atomic mass is 9.97. The maximum absolute atomic E-state index is 12.5. The highest BCUT2D eigenvalue weighted by molar-refractivity contribution is 7.91. The summed E-state index contributed by atoms with van der Waals surface area (Å²) in [7, 11) is -4.33. The van der Waals surface area contributed by atoms with Crippen LogP contribution in [0, 0.1) is 17.0 Å². The molecule has 1 saturated carbocycles. The Morgan fingerprint density at radius 3 is 2.68 bits per heavy atom. The fourth-order valence-corrected chi connectivity index (χ4v) is 4.33. The molecular formula is C15H15N3O6S. The first-order valence-electron chi connectivity index (χ1n) is 7.47. The highest BCUT2D eigenvalue weighted by Gasteiger charge is 2.38. The molecule has 0 radical (unpaired) electrons. The van der Waals surface area contributed by atoms with E-state index in [0.717, 1.165) is 10.7 Å². The highest BCUT2D eigenvalue weighted by atomic mass is 32.2.